The number of amides is 1. The number of hydrogen-bond donors (Lipinski definition) is 2. The van der Waals surface area contributed by atoms with Crippen LogP contribution in [0, 0.1) is 0 Å². The fourth-order valence-corrected chi connectivity index (χ4v) is 3.05. The van der Waals surface area contributed by atoms with Gasteiger partial charge in [-0.3, -0.25) is 4.79 Å². The first kappa shape index (κ1) is 15.5. The lowest BCUT2D eigenvalue weighted by molar-refractivity contribution is 0.0932. The summed E-state index contributed by atoms with van der Waals surface area (Å²) in [6.07, 6.45) is 4.83. The zero-order valence-corrected chi connectivity index (χ0v) is 13.7. The third kappa shape index (κ3) is 3.70. The zero-order valence-electron chi connectivity index (χ0n) is 13.7. The van der Waals surface area contributed by atoms with Gasteiger partial charge >= 0.3 is 0 Å². The highest BCUT2D eigenvalue weighted by Crippen LogP contribution is 2.29. The number of carbonyl (C=O) groups is 1. The maximum absolute atomic E-state index is 12.5. The van der Waals surface area contributed by atoms with Crippen molar-refractivity contribution >= 4 is 11.7 Å². The second kappa shape index (κ2) is 6.82. The molecule has 23 heavy (non-hydrogen) atoms. The van der Waals surface area contributed by atoms with E-state index in [-0.39, 0.29) is 11.9 Å². The zero-order chi connectivity index (χ0) is 16.2. The SMILES string of the molecule is CC(C)Nc1ccc(C(=O)N[C@@H]2CCCc3ccccc32)cn1. The van der Waals surface area contributed by atoms with Crippen molar-refractivity contribution in [3.8, 4) is 0 Å². The van der Waals surface area contributed by atoms with Crippen LogP contribution in [-0.4, -0.2) is 16.9 Å². The Bertz CT molecular complexity index is 679. The van der Waals surface area contributed by atoms with Crippen molar-refractivity contribution < 1.29 is 4.79 Å². The number of anilines is 1. The van der Waals surface area contributed by atoms with Gasteiger partial charge in [-0.25, -0.2) is 4.98 Å². The van der Waals surface area contributed by atoms with Crippen LogP contribution in [0.1, 0.15) is 54.2 Å². The first-order valence-electron chi connectivity index (χ1n) is 8.25. The predicted molar refractivity (Wildman–Crippen MR) is 92.6 cm³/mol. The monoisotopic (exact) mass is 309 g/mol. The lowest BCUT2D eigenvalue weighted by Gasteiger charge is -2.26. The van der Waals surface area contributed by atoms with E-state index >= 15 is 0 Å². The molecule has 4 heteroatoms. The van der Waals surface area contributed by atoms with Crippen LogP contribution in [0.5, 0.6) is 0 Å². The highest BCUT2D eigenvalue weighted by atomic mass is 16.1. The molecule has 1 aromatic heterocycles. The van der Waals surface area contributed by atoms with E-state index < -0.39 is 0 Å². The molecule has 0 saturated carbocycles. The summed E-state index contributed by atoms with van der Waals surface area (Å²) in [5, 5.41) is 6.37. The lowest BCUT2D eigenvalue weighted by atomic mass is 9.87. The van der Waals surface area contributed by atoms with E-state index in [0.29, 0.717) is 11.6 Å². The highest BCUT2D eigenvalue weighted by Gasteiger charge is 2.21. The van der Waals surface area contributed by atoms with Crippen LogP contribution in [0.25, 0.3) is 0 Å². The van der Waals surface area contributed by atoms with Crippen LogP contribution >= 0.6 is 0 Å². The molecule has 120 valence electrons. The Balaban J connectivity index is 1.70. The maximum atomic E-state index is 12.5. The van der Waals surface area contributed by atoms with E-state index in [2.05, 4.69) is 47.7 Å². The lowest BCUT2D eigenvalue weighted by Crippen LogP contribution is -2.31. The van der Waals surface area contributed by atoms with E-state index in [1.54, 1.807) is 6.20 Å². The van der Waals surface area contributed by atoms with Gasteiger partial charge in [-0.1, -0.05) is 24.3 Å². The standard InChI is InChI=1S/C19H23N3O/c1-13(2)21-18-11-10-15(12-20-18)19(23)22-17-9-5-7-14-6-3-4-8-16(14)17/h3-4,6,8,10-13,17H,5,7,9H2,1-2H3,(H,20,21)(H,22,23)/t17-/m1/s1. The third-order valence-corrected chi connectivity index (χ3v) is 4.14. The molecular weight excluding hydrogens is 286 g/mol. The van der Waals surface area contributed by atoms with Crippen LogP contribution < -0.4 is 10.6 Å². The fraction of sp³-hybridized carbons (Fsp3) is 0.368. The van der Waals surface area contributed by atoms with Gasteiger partial charge in [-0.05, 0) is 56.4 Å². The Kier molecular flexibility index (Phi) is 4.60. The summed E-state index contributed by atoms with van der Waals surface area (Å²) in [4.78, 5) is 16.8. The Morgan fingerprint density at radius 1 is 1.22 bits per heavy atom. The summed E-state index contributed by atoms with van der Waals surface area (Å²) in [6, 6.07) is 12.5. The largest absolute Gasteiger partial charge is 0.368 e. The average Bonchev–Trinajstić information content (AvgIpc) is 2.55. The predicted octanol–water partition coefficient (Wildman–Crippen LogP) is 3.71. The third-order valence-electron chi connectivity index (χ3n) is 4.14. The number of carbonyl (C=O) groups excluding carboxylic acids is 1. The number of rotatable bonds is 4. The van der Waals surface area contributed by atoms with Gasteiger partial charge in [0.15, 0.2) is 0 Å². The molecule has 3 rings (SSSR count). The van der Waals surface area contributed by atoms with Gasteiger partial charge in [-0.15, -0.1) is 0 Å². The van der Waals surface area contributed by atoms with Gasteiger partial charge < -0.3 is 10.6 Å². The molecule has 0 fully saturated rings. The van der Waals surface area contributed by atoms with E-state index in [1.165, 1.54) is 11.1 Å². The van der Waals surface area contributed by atoms with Crippen LogP contribution in [0.3, 0.4) is 0 Å². The van der Waals surface area contributed by atoms with Crippen molar-refractivity contribution in [2.75, 3.05) is 5.32 Å². The van der Waals surface area contributed by atoms with E-state index in [9.17, 15) is 4.79 Å². The number of nitrogens with zero attached hydrogens (tertiary/aromatic N) is 1. The Morgan fingerprint density at radius 3 is 2.78 bits per heavy atom. The molecule has 1 aromatic carbocycles. The molecule has 1 atom stereocenters. The van der Waals surface area contributed by atoms with Crippen molar-refractivity contribution in [3.63, 3.8) is 0 Å². The second-order valence-corrected chi connectivity index (χ2v) is 6.35. The summed E-state index contributed by atoms with van der Waals surface area (Å²) in [7, 11) is 0. The number of fused-ring (bicyclic) bond motifs is 1. The number of aromatic nitrogens is 1. The van der Waals surface area contributed by atoms with Crippen molar-refractivity contribution in [3.05, 3.63) is 59.3 Å². The minimum Gasteiger partial charge on any atom is -0.368 e. The summed E-state index contributed by atoms with van der Waals surface area (Å²) < 4.78 is 0. The Morgan fingerprint density at radius 2 is 2.04 bits per heavy atom. The minimum absolute atomic E-state index is 0.0599. The normalized spacial score (nSPS) is 16.7. The summed E-state index contributed by atoms with van der Waals surface area (Å²) in [5.74, 6) is 0.731. The molecule has 1 aliphatic carbocycles. The second-order valence-electron chi connectivity index (χ2n) is 6.35. The van der Waals surface area contributed by atoms with Crippen LogP contribution in [0.15, 0.2) is 42.6 Å². The number of aryl methyl sites for hydroxylation is 1. The molecule has 0 radical (unpaired) electrons. The van der Waals surface area contributed by atoms with Crippen molar-refractivity contribution in [2.45, 2.75) is 45.2 Å². The van der Waals surface area contributed by atoms with Crippen molar-refractivity contribution in [1.82, 2.24) is 10.3 Å². The Hall–Kier alpha value is -2.36. The van der Waals surface area contributed by atoms with Crippen LogP contribution in [0.2, 0.25) is 0 Å². The molecule has 0 bridgehead atoms. The summed E-state index contributed by atoms with van der Waals surface area (Å²) in [6.45, 7) is 4.12. The molecule has 4 nitrogen and oxygen atoms in total. The molecule has 1 amide bonds. The van der Waals surface area contributed by atoms with E-state index in [1.807, 2.05) is 18.2 Å². The van der Waals surface area contributed by atoms with Gasteiger partial charge in [0, 0.05) is 12.2 Å². The van der Waals surface area contributed by atoms with Crippen molar-refractivity contribution in [1.29, 1.82) is 0 Å². The molecule has 2 aromatic rings. The number of pyridine rings is 1. The molecule has 0 saturated heterocycles. The van der Waals surface area contributed by atoms with Gasteiger partial charge in [0.2, 0.25) is 0 Å². The minimum atomic E-state index is -0.0599. The van der Waals surface area contributed by atoms with Gasteiger partial charge in [-0.2, -0.15) is 0 Å². The van der Waals surface area contributed by atoms with Gasteiger partial charge in [0.05, 0.1) is 11.6 Å². The Labute approximate surface area is 137 Å². The van der Waals surface area contributed by atoms with Gasteiger partial charge in [0.1, 0.15) is 5.82 Å². The fourth-order valence-electron chi connectivity index (χ4n) is 3.05. The molecule has 2 N–H and O–H groups in total. The molecular formula is C19H23N3O. The number of benzene rings is 1. The highest BCUT2D eigenvalue weighted by molar-refractivity contribution is 5.94. The molecule has 1 aliphatic rings. The molecule has 0 spiro atoms. The molecule has 0 unspecified atom stereocenters. The van der Waals surface area contributed by atoms with E-state index in [4.69, 9.17) is 0 Å². The summed E-state index contributed by atoms with van der Waals surface area (Å²) in [5.41, 5.74) is 3.19. The summed E-state index contributed by atoms with van der Waals surface area (Å²) >= 11 is 0. The van der Waals surface area contributed by atoms with Crippen molar-refractivity contribution in [2.24, 2.45) is 0 Å². The average molecular weight is 309 g/mol. The van der Waals surface area contributed by atoms with Crippen LogP contribution in [0.4, 0.5) is 5.82 Å². The number of nitrogens with one attached hydrogen (secondary N) is 2. The molecule has 0 aliphatic heterocycles. The van der Waals surface area contributed by atoms with E-state index in [0.717, 1.165) is 25.1 Å². The van der Waals surface area contributed by atoms with Crippen LogP contribution in [-0.2, 0) is 6.42 Å². The quantitative estimate of drug-likeness (QED) is 0.905. The number of hydrogen-bond acceptors (Lipinski definition) is 3. The van der Waals surface area contributed by atoms with Gasteiger partial charge in [0.25, 0.3) is 5.91 Å². The topological polar surface area (TPSA) is 54.0 Å². The maximum Gasteiger partial charge on any atom is 0.253 e. The smallest absolute Gasteiger partial charge is 0.253 e. The molecule has 1 heterocycles. The first-order valence-corrected chi connectivity index (χ1v) is 8.25. The first-order chi connectivity index (χ1) is 11.1.